The van der Waals surface area contributed by atoms with Crippen LogP contribution in [0.5, 0.6) is 5.75 Å². The first-order valence-electron chi connectivity index (χ1n) is 17.7. The van der Waals surface area contributed by atoms with Gasteiger partial charge in [0.25, 0.3) is 17.7 Å². The van der Waals surface area contributed by atoms with E-state index in [0.29, 0.717) is 50.8 Å². The van der Waals surface area contributed by atoms with Gasteiger partial charge >= 0.3 is 0 Å². The molecule has 1 aromatic heterocycles. The van der Waals surface area contributed by atoms with E-state index in [0.717, 1.165) is 16.1 Å². The van der Waals surface area contributed by atoms with E-state index in [2.05, 4.69) is 20.9 Å². The van der Waals surface area contributed by atoms with Gasteiger partial charge < -0.3 is 39.2 Å². The number of halogens is 2. The lowest BCUT2D eigenvalue weighted by atomic mass is 10.0. The second-order valence-corrected chi connectivity index (χ2v) is 13.3. The summed E-state index contributed by atoms with van der Waals surface area (Å²) in [6.45, 7) is 4.03. The minimum absolute atomic E-state index is 0.0411. The largest absolute Gasteiger partial charge is 0.480 e. The average Bonchev–Trinajstić information content (AvgIpc) is 3.77. The van der Waals surface area contributed by atoms with Crippen LogP contribution >= 0.6 is 11.3 Å². The number of benzene rings is 2. The van der Waals surface area contributed by atoms with E-state index < -0.39 is 59.6 Å². The van der Waals surface area contributed by atoms with Gasteiger partial charge in [-0.1, -0.05) is 6.07 Å². The molecular formula is C36H40F2N6O10S. The number of hydrogen-bond donors (Lipinski definition) is 3. The van der Waals surface area contributed by atoms with Crippen molar-refractivity contribution in [1.29, 1.82) is 0 Å². The molecule has 3 aliphatic heterocycles. The first-order chi connectivity index (χ1) is 26.7. The van der Waals surface area contributed by atoms with Crippen LogP contribution in [0.1, 0.15) is 33.6 Å². The van der Waals surface area contributed by atoms with E-state index in [1.807, 2.05) is 4.90 Å². The number of anilines is 2. The minimum Gasteiger partial charge on any atom is -0.480 e. The fraction of sp³-hybridized carbons (Fsp3) is 0.444. The summed E-state index contributed by atoms with van der Waals surface area (Å²) in [5, 5.41) is 10.3. The summed E-state index contributed by atoms with van der Waals surface area (Å²) in [6.07, 6.45) is 0.118. The molecule has 4 heterocycles. The van der Waals surface area contributed by atoms with Crippen LogP contribution in [0.2, 0.25) is 0 Å². The fourth-order valence-corrected chi connectivity index (χ4v) is 6.96. The number of ether oxygens (including phenoxy) is 5. The molecule has 0 bridgehead atoms. The van der Waals surface area contributed by atoms with Crippen molar-refractivity contribution < 1.29 is 56.4 Å². The van der Waals surface area contributed by atoms with E-state index in [9.17, 15) is 32.8 Å². The molecule has 3 aromatic rings. The number of fused-ring (bicyclic) bond motifs is 1. The third kappa shape index (κ3) is 9.78. The number of hydrogen-bond acceptors (Lipinski definition) is 14. The van der Waals surface area contributed by atoms with Gasteiger partial charge in [0.2, 0.25) is 17.6 Å². The van der Waals surface area contributed by atoms with E-state index in [-0.39, 0.29) is 69.1 Å². The topological polar surface area (TPSA) is 187 Å². The molecule has 0 radical (unpaired) electrons. The Morgan fingerprint density at radius 2 is 1.65 bits per heavy atom. The predicted octanol–water partition coefficient (Wildman–Crippen LogP) is 1.98. The molecule has 294 valence electrons. The van der Waals surface area contributed by atoms with Crippen molar-refractivity contribution in [3.63, 3.8) is 0 Å². The Kier molecular flexibility index (Phi) is 13.7. The third-order valence-corrected chi connectivity index (χ3v) is 9.69. The van der Waals surface area contributed by atoms with Crippen molar-refractivity contribution in [3.05, 3.63) is 58.5 Å². The molecule has 1 unspecified atom stereocenters. The molecule has 3 N–H and O–H groups in total. The molecule has 16 nitrogen and oxygen atoms in total. The fourth-order valence-electron chi connectivity index (χ4n) is 6.08. The minimum atomic E-state index is -1.20. The Bertz CT molecular complexity index is 1890. The van der Waals surface area contributed by atoms with Gasteiger partial charge in [0.1, 0.15) is 6.04 Å². The van der Waals surface area contributed by atoms with E-state index in [1.54, 1.807) is 17.5 Å². The second kappa shape index (κ2) is 19.0. The number of aromatic nitrogens is 1. The highest BCUT2D eigenvalue weighted by molar-refractivity contribution is 7.14. The van der Waals surface area contributed by atoms with Gasteiger partial charge in [-0.3, -0.25) is 34.2 Å². The molecule has 2 saturated heterocycles. The van der Waals surface area contributed by atoms with Gasteiger partial charge in [-0.05, 0) is 30.7 Å². The first-order valence-corrected chi connectivity index (χ1v) is 18.6. The Labute approximate surface area is 318 Å². The monoisotopic (exact) mass is 786 g/mol. The highest BCUT2D eigenvalue weighted by Crippen LogP contribution is 2.37. The molecule has 3 aliphatic rings. The van der Waals surface area contributed by atoms with Gasteiger partial charge in [-0.25, -0.2) is 9.37 Å². The number of piperidine rings is 1. The Hall–Kier alpha value is -5.08. The van der Waals surface area contributed by atoms with Gasteiger partial charge in [0.15, 0.2) is 23.3 Å². The zero-order chi connectivity index (χ0) is 38.7. The van der Waals surface area contributed by atoms with Crippen LogP contribution < -0.4 is 25.6 Å². The zero-order valence-corrected chi connectivity index (χ0v) is 30.6. The summed E-state index contributed by atoms with van der Waals surface area (Å²) in [5.41, 5.74) is 1.44. The summed E-state index contributed by atoms with van der Waals surface area (Å²) in [5.74, 6) is -5.52. The molecule has 55 heavy (non-hydrogen) atoms. The van der Waals surface area contributed by atoms with E-state index in [4.69, 9.17) is 23.7 Å². The van der Waals surface area contributed by atoms with E-state index >= 15 is 0 Å². The number of nitrogens with zero attached hydrogens (tertiary/aromatic N) is 3. The number of rotatable bonds is 19. The third-order valence-electron chi connectivity index (χ3n) is 8.79. The Morgan fingerprint density at radius 1 is 0.927 bits per heavy atom. The maximum atomic E-state index is 14.8. The Balaban J connectivity index is 0.816. The van der Waals surface area contributed by atoms with Gasteiger partial charge in [-0.2, -0.15) is 4.39 Å². The van der Waals surface area contributed by atoms with Gasteiger partial charge in [0, 0.05) is 49.2 Å². The summed E-state index contributed by atoms with van der Waals surface area (Å²) in [6, 6.07) is 6.15. The van der Waals surface area contributed by atoms with Crippen LogP contribution in [0.4, 0.5) is 19.6 Å². The van der Waals surface area contributed by atoms with Crippen molar-refractivity contribution in [2.75, 3.05) is 95.9 Å². The lowest BCUT2D eigenvalue weighted by Gasteiger charge is -2.27. The van der Waals surface area contributed by atoms with Crippen LogP contribution in [-0.4, -0.2) is 131 Å². The lowest BCUT2D eigenvalue weighted by Crippen LogP contribution is -2.54. The number of morpholine rings is 1. The summed E-state index contributed by atoms with van der Waals surface area (Å²) < 4.78 is 56.2. The molecule has 0 aliphatic carbocycles. The Morgan fingerprint density at radius 3 is 2.40 bits per heavy atom. The maximum absolute atomic E-state index is 14.8. The van der Waals surface area contributed by atoms with Crippen LogP contribution in [0.3, 0.4) is 0 Å². The molecule has 5 amide bonds. The van der Waals surface area contributed by atoms with Crippen molar-refractivity contribution >= 4 is 51.7 Å². The van der Waals surface area contributed by atoms with Crippen molar-refractivity contribution in [2.45, 2.75) is 18.9 Å². The number of carbonyl (C=O) groups is 5. The molecule has 2 aromatic carbocycles. The molecule has 19 heteroatoms. The summed E-state index contributed by atoms with van der Waals surface area (Å²) in [4.78, 5) is 69.9. The number of nitrogens with one attached hydrogen (secondary N) is 3. The van der Waals surface area contributed by atoms with Crippen LogP contribution in [0, 0.1) is 11.6 Å². The predicted molar refractivity (Wildman–Crippen MR) is 193 cm³/mol. The number of carbonyl (C=O) groups excluding carboxylic acids is 5. The van der Waals surface area contributed by atoms with Crippen molar-refractivity contribution in [1.82, 2.24) is 20.5 Å². The smallest absolute Gasteiger partial charge is 0.264 e. The molecular weight excluding hydrogens is 746 g/mol. The molecule has 0 spiro atoms. The van der Waals surface area contributed by atoms with Crippen LogP contribution in [0.25, 0.3) is 11.3 Å². The number of imide groups is 2. The number of amides is 5. The highest BCUT2D eigenvalue weighted by atomic mass is 32.1. The lowest BCUT2D eigenvalue weighted by molar-refractivity contribution is -0.136. The molecule has 6 rings (SSSR count). The molecule has 1 atom stereocenters. The SMILES string of the molecule is O=C(COc1c(-c2csc(N3CCOCC3)n2)ccc(F)c1F)NCCOCCOCCOCCNc1cccc2c1C(=O)N(C1CCC(=O)NC1=O)C2=O. The van der Waals surface area contributed by atoms with Crippen molar-refractivity contribution in [2.24, 2.45) is 0 Å². The van der Waals surface area contributed by atoms with Crippen LogP contribution in [-0.2, 0) is 33.3 Å². The molecule has 2 fully saturated rings. The average molecular weight is 787 g/mol. The normalized spacial score (nSPS) is 17.0. The first kappa shape index (κ1) is 39.6. The maximum Gasteiger partial charge on any atom is 0.264 e. The van der Waals surface area contributed by atoms with Crippen molar-refractivity contribution in [3.8, 4) is 17.0 Å². The molecule has 0 saturated carbocycles. The standard InChI is InChI=1S/C36H40F2N6O10S/c37-24-5-4-22(26-21-55-36(41-26)43-10-14-52-15-11-43)32(31(24)38)54-20-29(46)40-9-13-51-17-19-53-18-16-50-12-8-39-25-3-1-2-23-30(25)35(49)44(34(23)48)27-6-7-28(45)42-33(27)47/h1-5,21,27,39H,6-20H2,(H,40,46)(H,42,45,47). The second-order valence-electron chi connectivity index (χ2n) is 12.4. The summed E-state index contributed by atoms with van der Waals surface area (Å²) >= 11 is 1.37. The quantitative estimate of drug-likeness (QED) is 0.118. The zero-order valence-electron chi connectivity index (χ0n) is 29.7. The number of thiazole rings is 1. The van der Waals surface area contributed by atoms with E-state index in [1.165, 1.54) is 23.5 Å². The van der Waals surface area contributed by atoms with Crippen LogP contribution in [0.15, 0.2) is 35.7 Å². The van der Waals surface area contributed by atoms with Gasteiger partial charge in [-0.15, -0.1) is 11.3 Å². The summed E-state index contributed by atoms with van der Waals surface area (Å²) in [7, 11) is 0. The highest BCUT2D eigenvalue weighted by Gasteiger charge is 2.45. The van der Waals surface area contributed by atoms with Gasteiger partial charge in [0.05, 0.1) is 69.7 Å².